The fraction of sp³-hybridized carbons (Fsp3) is 0.625. The zero-order chi connectivity index (χ0) is 16.0. The highest BCUT2D eigenvalue weighted by molar-refractivity contribution is 5.21. The van der Waals surface area contributed by atoms with E-state index in [-0.39, 0.29) is 12.1 Å². The monoisotopic (exact) mass is 300 g/mol. The molecule has 1 rings (SSSR count). The van der Waals surface area contributed by atoms with Crippen LogP contribution in [0, 0.1) is 11.6 Å². The van der Waals surface area contributed by atoms with Crippen molar-refractivity contribution in [3.8, 4) is 0 Å². The fourth-order valence-corrected chi connectivity index (χ4v) is 2.44. The number of aliphatic hydroxyl groups excluding tert-OH is 1. The molecule has 2 N–H and O–H groups in total. The summed E-state index contributed by atoms with van der Waals surface area (Å²) < 4.78 is 26.3. The summed E-state index contributed by atoms with van der Waals surface area (Å²) in [6, 6.07) is 4.13. The van der Waals surface area contributed by atoms with Crippen molar-refractivity contribution in [1.29, 1.82) is 0 Å². The number of hydrogen-bond acceptors (Lipinski definition) is 3. The summed E-state index contributed by atoms with van der Waals surface area (Å²) in [5, 5.41) is 13.1. The van der Waals surface area contributed by atoms with Crippen LogP contribution in [-0.2, 0) is 0 Å². The van der Waals surface area contributed by atoms with E-state index in [1.165, 1.54) is 6.07 Å². The van der Waals surface area contributed by atoms with Gasteiger partial charge < -0.3 is 10.4 Å². The Labute approximate surface area is 126 Å². The lowest BCUT2D eigenvalue weighted by molar-refractivity contribution is 0.155. The Balaban J connectivity index is 2.41. The van der Waals surface area contributed by atoms with E-state index in [4.69, 9.17) is 0 Å². The summed E-state index contributed by atoms with van der Waals surface area (Å²) in [6.07, 6.45) is -0.975. The van der Waals surface area contributed by atoms with Crippen molar-refractivity contribution >= 4 is 0 Å². The van der Waals surface area contributed by atoms with Crippen LogP contribution in [0.1, 0.15) is 39.4 Å². The van der Waals surface area contributed by atoms with E-state index >= 15 is 0 Å². The third-order valence-corrected chi connectivity index (χ3v) is 3.53. The molecule has 1 unspecified atom stereocenters. The van der Waals surface area contributed by atoms with Gasteiger partial charge in [0.15, 0.2) is 0 Å². The predicted molar refractivity (Wildman–Crippen MR) is 81.2 cm³/mol. The van der Waals surface area contributed by atoms with E-state index in [1.807, 2.05) is 0 Å². The van der Waals surface area contributed by atoms with E-state index < -0.39 is 17.7 Å². The standard InChI is InChI=1S/C16H26F2N2O/c1-11(2)20(12(3)4)8-7-19-10-16(21)14-6-5-13(17)9-15(14)18/h5-6,9,11-12,16,19,21H,7-8,10H2,1-4H3. The molecular formula is C16H26F2N2O. The zero-order valence-electron chi connectivity index (χ0n) is 13.2. The van der Waals surface area contributed by atoms with Gasteiger partial charge in [0.1, 0.15) is 11.6 Å². The molecule has 0 saturated heterocycles. The lowest BCUT2D eigenvalue weighted by Crippen LogP contribution is -2.42. The van der Waals surface area contributed by atoms with Crippen LogP contribution in [0.25, 0.3) is 0 Å². The molecule has 0 bridgehead atoms. The Kier molecular flexibility index (Phi) is 7.22. The van der Waals surface area contributed by atoms with E-state index in [0.717, 1.165) is 18.7 Å². The van der Waals surface area contributed by atoms with Gasteiger partial charge in [-0.1, -0.05) is 6.07 Å². The minimum atomic E-state index is -0.975. The first kappa shape index (κ1) is 18.0. The van der Waals surface area contributed by atoms with Crippen molar-refractivity contribution in [2.75, 3.05) is 19.6 Å². The molecule has 0 radical (unpaired) electrons. The van der Waals surface area contributed by atoms with Crippen LogP contribution in [-0.4, -0.2) is 41.7 Å². The summed E-state index contributed by atoms with van der Waals surface area (Å²) >= 11 is 0. The number of halogens is 2. The van der Waals surface area contributed by atoms with E-state index in [2.05, 4.69) is 37.9 Å². The molecule has 0 spiro atoms. The highest BCUT2D eigenvalue weighted by Crippen LogP contribution is 2.17. The molecule has 3 nitrogen and oxygen atoms in total. The average Bonchev–Trinajstić information content (AvgIpc) is 2.37. The Bertz CT molecular complexity index is 430. The highest BCUT2D eigenvalue weighted by Gasteiger charge is 2.15. The van der Waals surface area contributed by atoms with Crippen LogP contribution in [0.2, 0.25) is 0 Å². The number of nitrogens with one attached hydrogen (secondary N) is 1. The molecule has 0 fully saturated rings. The van der Waals surface area contributed by atoms with E-state index in [9.17, 15) is 13.9 Å². The molecule has 5 heteroatoms. The quantitative estimate of drug-likeness (QED) is 0.725. The van der Waals surface area contributed by atoms with Gasteiger partial charge in [-0.05, 0) is 33.8 Å². The molecule has 0 amide bonds. The number of aliphatic hydroxyl groups is 1. The first-order valence-electron chi connectivity index (χ1n) is 7.42. The van der Waals surface area contributed by atoms with Gasteiger partial charge in [0, 0.05) is 43.3 Å². The Morgan fingerprint density at radius 3 is 2.29 bits per heavy atom. The van der Waals surface area contributed by atoms with Gasteiger partial charge >= 0.3 is 0 Å². The molecule has 21 heavy (non-hydrogen) atoms. The van der Waals surface area contributed by atoms with Gasteiger partial charge in [0.25, 0.3) is 0 Å². The van der Waals surface area contributed by atoms with E-state index in [1.54, 1.807) is 0 Å². The molecule has 0 aliphatic heterocycles. The summed E-state index contributed by atoms with van der Waals surface area (Å²) in [7, 11) is 0. The fourth-order valence-electron chi connectivity index (χ4n) is 2.44. The summed E-state index contributed by atoms with van der Waals surface area (Å²) in [5.41, 5.74) is 0.119. The van der Waals surface area contributed by atoms with Crippen molar-refractivity contribution in [3.05, 3.63) is 35.4 Å². The normalized spacial score (nSPS) is 13.4. The Morgan fingerprint density at radius 1 is 1.14 bits per heavy atom. The second-order valence-corrected chi connectivity index (χ2v) is 5.81. The smallest absolute Gasteiger partial charge is 0.131 e. The predicted octanol–water partition coefficient (Wildman–Crippen LogP) is 2.71. The molecule has 0 saturated carbocycles. The lowest BCUT2D eigenvalue weighted by atomic mass is 10.1. The minimum absolute atomic E-state index is 0.119. The maximum Gasteiger partial charge on any atom is 0.131 e. The maximum absolute atomic E-state index is 13.5. The molecule has 1 aromatic rings. The number of rotatable bonds is 8. The Morgan fingerprint density at radius 2 is 1.76 bits per heavy atom. The largest absolute Gasteiger partial charge is 0.387 e. The van der Waals surface area contributed by atoms with Gasteiger partial charge in [-0.15, -0.1) is 0 Å². The molecule has 120 valence electrons. The van der Waals surface area contributed by atoms with Crippen molar-refractivity contribution < 1.29 is 13.9 Å². The number of nitrogens with zero attached hydrogens (tertiary/aromatic N) is 1. The molecule has 1 atom stereocenters. The van der Waals surface area contributed by atoms with E-state index in [0.29, 0.717) is 18.6 Å². The third-order valence-electron chi connectivity index (χ3n) is 3.53. The van der Waals surface area contributed by atoms with Crippen LogP contribution in [0.5, 0.6) is 0 Å². The van der Waals surface area contributed by atoms with Gasteiger partial charge in [0.05, 0.1) is 6.10 Å². The van der Waals surface area contributed by atoms with Gasteiger partial charge in [-0.25, -0.2) is 8.78 Å². The molecule has 0 aromatic heterocycles. The first-order valence-corrected chi connectivity index (χ1v) is 7.42. The second kappa shape index (κ2) is 8.41. The zero-order valence-corrected chi connectivity index (χ0v) is 13.2. The SMILES string of the molecule is CC(C)N(CCNCC(O)c1ccc(F)cc1F)C(C)C. The second-order valence-electron chi connectivity index (χ2n) is 5.81. The molecular weight excluding hydrogens is 274 g/mol. The van der Waals surface area contributed by atoms with Gasteiger partial charge in [0.2, 0.25) is 0 Å². The first-order chi connectivity index (χ1) is 9.82. The van der Waals surface area contributed by atoms with Crippen molar-refractivity contribution in [2.45, 2.75) is 45.9 Å². The average molecular weight is 300 g/mol. The minimum Gasteiger partial charge on any atom is -0.387 e. The number of hydrogen-bond donors (Lipinski definition) is 2. The summed E-state index contributed by atoms with van der Waals surface area (Å²) in [5.74, 6) is -1.35. The van der Waals surface area contributed by atoms with Gasteiger partial charge in [-0.2, -0.15) is 0 Å². The van der Waals surface area contributed by atoms with Crippen LogP contribution in [0.15, 0.2) is 18.2 Å². The lowest BCUT2D eigenvalue weighted by Gasteiger charge is -2.30. The Hall–Kier alpha value is -1.04. The molecule has 0 aliphatic rings. The maximum atomic E-state index is 13.5. The van der Waals surface area contributed by atoms with Crippen molar-refractivity contribution in [1.82, 2.24) is 10.2 Å². The summed E-state index contributed by atoms with van der Waals surface area (Å²) in [6.45, 7) is 10.4. The van der Waals surface area contributed by atoms with Crippen molar-refractivity contribution in [2.24, 2.45) is 0 Å². The third kappa shape index (κ3) is 5.69. The molecule has 0 heterocycles. The van der Waals surface area contributed by atoms with Crippen LogP contribution in [0.3, 0.4) is 0 Å². The highest BCUT2D eigenvalue weighted by atomic mass is 19.1. The molecule has 1 aromatic carbocycles. The summed E-state index contributed by atoms with van der Waals surface area (Å²) in [4.78, 5) is 2.33. The molecule has 0 aliphatic carbocycles. The van der Waals surface area contributed by atoms with Crippen molar-refractivity contribution in [3.63, 3.8) is 0 Å². The van der Waals surface area contributed by atoms with Crippen LogP contribution < -0.4 is 5.32 Å². The van der Waals surface area contributed by atoms with Crippen LogP contribution in [0.4, 0.5) is 8.78 Å². The van der Waals surface area contributed by atoms with Crippen LogP contribution >= 0.6 is 0 Å². The number of benzene rings is 1. The van der Waals surface area contributed by atoms with Gasteiger partial charge in [-0.3, -0.25) is 4.90 Å². The topological polar surface area (TPSA) is 35.5 Å².